The highest BCUT2D eigenvalue weighted by molar-refractivity contribution is 14.1. The van der Waals surface area contributed by atoms with E-state index in [4.69, 9.17) is 5.73 Å². The Morgan fingerprint density at radius 2 is 2.22 bits per heavy atom. The molecule has 0 aliphatic carbocycles. The van der Waals surface area contributed by atoms with Crippen LogP contribution in [0.4, 0.5) is 5.82 Å². The van der Waals surface area contributed by atoms with Gasteiger partial charge < -0.3 is 5.73 Å². The number of aromatic nitrogens is 2. The van der Waals surface area contributed by atoms with Crippen molar-refractivity contribution in [1.29, 1.82) is 0 Å². The summed E-state index contributed by atoms with van der Waals surface area (Å²) in [6.07, 6.45) is 0. The van der Waals surface area contributed by atoms with E-state index in [0.29, 0.717) is 5.82 Å². The van der Waals surface area contributed by atoms with Gasteiger partial charge in [0.25, 0.3) is 0 Å². The van der Waals surface area contributed by atoms with Crippen molar-refractivity contribution in [2.75, 3.05) is 5.73 Å². The third-order valence-electron chi connectivity index (χ3n) is 2.70. The van der Waals surface area contributed by atoms with Crippen molar-refractivity contribution < 1.29 is 0 Å². The predicted molar refractivity (Wildman–Crippen MR) is 87.0 cm³/mol. The van der Waals surface area contributed by atoms with Gasteiger partial charge in [-0.25, -0.2) is 0 Å². The van der Waals surface area contributed by atoms with Gasteiger partial charge >= 0.3 is 0 Å². The van der Waals surface area contributed by atoms with E-state index in [1.165, 1.54) is 2.88 Å². The lowest BCUT2D eigenvalue weighted by atomic mass is 10.1. The number of thiophene rings is 2. The Hall–Kier alpha value is -0.860. The quantitative estimate of drug-likeness (QED) is 0.674. The minimum atomic E-state index is 0.716. The number of nitrogens with zero attached hydrogens (tertiary/aromatic N) is 2. The van der Waals surface area contributed by atoms with Crippen LogP contribution in [0.2, 0.25) is 0 Å². The third-order valence-corrected chi connectivity index (χ3v) is 5.38. The van der Waals surface area contributed by atoms with Crippen LogP contribution in [0.5, 0.6) is 0 Å². The number of nitrogens with two attached hydrogens (primary N) is 1. The molecule has 92 valence electrons. The fraction of sp³-hybridized carbons (Fsp3) is 0.0833. The minimum Gasteiger partial charge on any atom is -0.383 e. The summed E-state index contributed by atoms with van der Waals surface area (Å²) < 4.78 is 3.00. The number of rotatable bonds is 2. The van der Waals surface area contributed by atoms with Gasteiger partial charge in [-0.2, -0.15) is 5.10 Å². The van der Waals surface area contributed by atoms with E-state index in [0.717, 1.165) is 21.7 Å². The molecule has 6 heteroatoms. The molecule has 3 aromatic heterocycles. The number of hydrogen-bond acceptors (Lipinski definition) is 4. The highest BCUT2D eigenvalue weighted by atomic mass is 127. The molecule has 0 aliphatic heterocycles. The standard InChI is InChI=1S/C12H10IN3S2/c1-16-12(14)10(8-3-2-4-17-8)11(15-16)7-5-9(13)18-6-7/h2-6H,14H2,1H3. The minimum absolute atomic E-state index is 0.716. The Balaban J connectivity index is 2.24. The molecule has 0 radical (unpaired) electrons. The van der Waals surface area contributed by atoms with Crippen molar-refractivity contribution in [1.82, 2.24) is 9.78 Å². The second kappa shape index (κ2) is 4.67. The van der Waals surface area contributed by atoms with Crippen molar-refractivity contribution in [3.05, 3.63) is 31.8 Å². The summed E-state index contributed by atoms with van der Waals surface area (Å²) >= 11 is 5.73. The van der Waals surface area contributed by atoms with Crippen molar-refractivity contribution in [2.24, 2.45) is 7.05 Å². The number of anilines is 1. The summed E-state index contributed by atoms with van der Waals surface area (Å²) in [5.41, 5.74) is 9.30. The molecule has 18 heavy (non-hydrogen) atoms. The van der Waals surface area contributed by atoms with Gasteiger partial charge in [-0.05, 0) is 40.1 Å². The molecule has 0 aromatic carbocycles. The molecule has 0 bridgehead atoms. The highest BCUT2D eigenvalue weighted by Gasteiger charge is 2.18. The first-order valence-electron chi connectivity index (χ1n) is 5.27. The Bertz CT molecular complexity index is 682. The van der Waals surface area contributed by atoms with E-state index in [1.54, 1.807) is 27.4 Å². The van der Waals surface area contributed by atoms with Gasteiger partial charge in [-0.15, -0.1) is 22.7 Å². The Kier molecular flexibility index (Phi) is 3.16. The zero-order valence-corrected chi connectivity index (χ0v) is 13.3. The van der Waals surface area contributed by atoms with E-state index in [1.807, 2.05) is 13.1 Å². The number of hydrogen-bond donors (Lipinski definition) is 1. The van der Waals surface area contributed by atoms with Crippen LogP contribution >= 0.6 is 45.3 Å². The average Bonchev–Trinajstić information content (AvgIpc) is 3.02. The lowest BCUT2D eigenvalue weighted by Gasteiger charge is -1.99. The highest BCUT2D eigenvalue weighted by Crippen LogP contribution is 2.39. The van der Waals surface area contributed by atoms with Crippen molar-refractivity contribution in [2.45, 2.75) is 0 Å². The van der Waals surface area contributed by atoms with Gasteiger partial charge in [0, 0.05) is 22.9 Å². The first-order valence-corrected chi connectivity index (χ1v) is 8.11. The number of aryl methyl sites for hydroxylation is 1. The Labute approximate surface area is 126 Å². The zero-order valence-electron chi connectivity index (χ0n) is 9.55. The summed E-state index contributed by atoms with van der Waals surface area (Å²) in [5.74, 6) is 0.716. The summed E-state index contributed by atoms with van der Waals surface area (Å²) in [6.45, 7) is 0. The fourth-order valence-electron chi connectivity index (χ4n) is 1.84. The molecular formula is C12H10IN3S2. The number of nitrogen functional groups attached to an aromatic ring is 1. The lowest BCUT2D eigenvalue weighted by molar-refractivity contribution is 0.782. The maximum absolute atomic E-state index is 6.15. The first-order chi connectivity index (χ1) is 8.66. The predicted octanol–water partition coefficient (Wildman–Crippen LogP) is 4.06. The largest absolute Gasteiger partial charge is 0.383 e. The first kappa shape index (κ1) is 12.2. The molecule has 0 amide bonds. The van der Waals surface area contributed by atoms with Crippen LogP contribution < -0.4 is 5.73 Å². The molecule has 0 saturated heterocycles. The molecular weight excluding hydrogens is 377 g/mol. The molecule has 0 atom stereocenters. The topological polar surface area (TPSA) is 43.8 Å². The maximum atomic E-state index is 6.15. The SMILES string of the molecule is Cn1nc(-c2csc(I)c2)c(-c2cccs2)c1N. The van der Waals surface area contributed by atoms with Crippen molar-refractivity contribution in [3.8, 4) is 21.7 Å². The molecule has 0 fully saturated rings. The van der Waals surface area contributed by atoms with Crippen LogP contribution in [0.25, 0.3) is 21.7 Å². The van der Waals surface area contributed by atoms with E-state index in [-0.39, 0.29) is 0 Å². The lowest BCUT2D eigenvalue weighted by Crippen LogP contribution is -1.97. The summed E-state index contributed by atoms with van der Waals surface area (Å²) in [5, 5.41) is 8.74. The van der Waals surface area contributed by atoms with E-state index < -0.39 is 0 Å². The van der Waals surface area contributed by atoms with Gasteiger partial charge in [0.15, 0.2) is 0 Å². The van der Waals surface area contributed by atoms with Gasteiger partial charge in [-0.1, -0.05) is 6.07 Å². The van der Waals surface area contributed by atoms with E-state index >= 15 is 0 Å². The van der Waals surface area contributed by atoms with E-state index in [9.17, 15) is 0 Å². The van der Waals surface area contributed by atoms with Crippen LogP contribution in [-0.2, 0) is 7.05 Å². The summed E-state index contributed by atoms with van der Waals surface area (Å²) in [6, 6.07) is 6.26. The monoisotopic (exact) mass is 387 g/mol. The zero-order chi connectivity index (χ0) is 12.7. The van der Waals surface area contributed by atoms with Crippen LogP contribution in [0.1, 0.15) is 0 Å². The maximum Gasteiger partial charge on any atom is 0.130 e. The molecule has 0 unspecified atom stereocenters. The normalized spacial score (nSPS) is 11.0. The average molecular weight is 387 g/mol. The molecule has 3 rings (SSSR count). The van der Waals surface area contributed by atoms with E-state index in [2.05, 4.69) is 50.6 Å². The van der Waals surface area contributed by atoms with Crippen LogP contribution in [0, 0.1) is 2.88 Å². The van der Waals surface area contributed by atoms with Gasteiger partial charge in [0.05, 0.1) is 8.45 Å². The van der Waals surface area contributed by atoms with Crippen molar-refractivity contribution >= 4 is 51.1 Å². The summed E-state index contributed by atoms with van der Waals surface area (Å²) in [7, 11) is 1.88. The molecule has 3 nitrogen and oxygen atoms in total. The fourth-order valence-corrected chi connectivity index (χ4v) is 3.95. The van der Waals surface area contributed by atoms with Crippen LogP contribution in [-0.4, -0.2) is 9.78 Å². The van der Waals surface area contributed by atoms with Crippen LogP contribution in [0.3, 0.4) is 0 Å². The molecule has 3 aromatic rings. The second-order valence-corrected chi connectivity index (χ2v) is 7.60. The van der Waals surface area contributed by atoms with Gasteiger partial charge in [-0.3, -0.25) is 4.68 Å². The molecule has 0 saturated carbocycles. The van der Waals surface area contributed by atoms with Gasteiger partial charge in [0.2, 0.25) is 0 Å². The molecule has 0 aliphatic rings. The smallest absolute Gasteiger partial charge is 0.130 e. The summed E-state index contributed by atoms with van der Waals surface area (Å²) in [4.78, 5) is 1.16. The molecule has 3 heterocycles. The molecule has 2 N–H and O–H groups in total. The number of halogens is 1. The second-order valence-electron chi connectivity index (χ2n) is 3.85. The van der Waals surface area contributed by atoms with Crippen molar-refractivity contribution in [3.63, 3.8) is 0 Å². The Morgan fingerprint density at radius 1 is 1.39 bits per heavy atom. The Morgan fingerprint density at radius 3 is 2.83 bits per heavy atom. The molecule has 0 spiro atoms. The van der Waals surface area contributed by atoms with Crippen LogP contribution in [0.15, 0.2) is 29.0 Å². The third kappa shape index (κ3) is 1.98. The van der Waals surface area contributed by atoms with Gasteiger partial charge in [0.1, 0.15) is 11.5 Å².